The summed E-state index contributed by atoms with van der Waals surface area (Å²) in [5.41, 5.74) is 5.83. The van der Waals surface area contributed by atoms with Crippen LogP contribution in [0.1, 0.15) is 50.5 Å². The van der Waals surface area contributed by atoms with Crippen LogP contribution in [0, 0.1) is 18.3 Å². The van der Waals surface area contributed by atoms with E-state index in [2.05, 4.69) is 0 Å². The first-order chi connectivity index (χ1) is 12.3. The topological polar surface area (TPSA) is 80.5 Å². The fourth-order valence-electron chi connectivity index (χ4n) is 4.66. The van der Waals surface area contributed by atoms with E-state index in [1.54, 1.807) is 25.1 Å². The average molecular weight is 399 g/mol. The molecule has 1 saturated carbocycles. The lowest BCUT2D eigenvalue weighted by molar-refractivity contribution is -0.134. The van der Waals surface area contributed by atoms with Gasteiger partial charge in [0.25, 0.3) is 0 Å². The van der Waals surface area contributed by atoms with E-state index in [0.717, 1.165) is 44.9 Å². The second kappa shape index (κ2) is 7.49. The van der Waals surface area contributed by atoms with Gasteiger partial charge in [-0.2, -0.15) is 4.31 Å². The quantitative estimate of drug-likeness (QED) is 0.842. The molecule has 1 aromatic rings. The minimum absolute atomic E-state index is 0.0108. The Kier molecular flexibility index (Phi) is 5.66. The van der Waals surface area contributed by atoms with Gasteiger partial charge in [0.05, 0.1) is 10.3 Å². The summed E-state index contributed by atoms with van der Waals surface area (Å²) in [6, 6.07) is 4.96. The summed E-state index contributed by atoms with van der Waals surface area (Å²) in [6.07, 6.45) is 6.24. The number of halogens is 1. The zero-order valence-electron chi connectivity index (χ0n) is 15.2. The van der Waals surface area contributed by atoms with Gasteiger partial charge >= 0.3 is 0 Å². The number of hydrogen-bond acceptors (Lipinski definition) is 3. The molecular weight excluding hydrogens is 372 g/mol. The molecule has 2 fully saturated rings. The molecule has 1 aromatic carbocycles. The molecule has 26 heavy (non-hydrogen) atoms. The maximum absolute atomic E-state index is 13.2. The Labute approximate surface area is 160 Å². The third kappa shape index (κ3) is 3.39. The molecule has 1 amide bonds. The largest absolute Gasteiger partial charge is 0.369 e. The maximum atomic E-state index is 13.2. The molecule has 1 aliphatic carbocycles. The standard InChI is InChI=1S/C19H27ClN2O3S/c1-14-16(20)8-5-9-17(14)26(24,25)22-12-6-7-15(13-22)19(18(21)23)10-3-2-4-11-19/h5,8-9,15H,2-4,6-7,10-13H2,1H3,(H2,21,23)/t15-/m0/s1. The number of hydrogen-bond donors (Lipinski definition) is 1. The third-order valence-electron chi connectivity index (χ3n) is 6.24. The summed E-state index contributed by atoms with van der Waals surface area (Å²) < 4.78 is 28.0. The number of benzene rings is 1. The molecule has 3 rings (SSSR count). The van der Waals surface area contributed by atoms with Gasteiger partial charge in [0.2, 0.25) is 15.9 Å². The lowest BCUT2D eigenvalue weighted by atomic mass is 9.63. The van der Waals surface area contributed by atoms with E-state index in [0.29, 0.717) is 23.7 Å². The Hall–Kier alpha value is -1.11. The first-order valence-corrected chi connectivity index (χ1v) is 11.2. The van der Waals surface area contributed by atoms with Gasteiger partial charge in [0.1, 0.15) is 0 Å². The predicted octanol–water partition coefficient (Wildman–Crippen LogP) is 3.48. The molecule has 2 N–H and O–H groups in total. The number of nitrogens with two attached hydrogens (primary N) is 1. The van der Waals surface area contributed by atoms with Crippen molar-refractivity contribution in [2.45, 2.75) is 56.8 Å². The molecule has 0 bridgehead atoms. The van der Waals surface area contributed by atoms with Gasteiger partial charge in [-0.3, -0.25) is 4.79 Å². The number of carbonyl (C=O) groups excluding carboxylic acids is 1. The van der Waals surface area contributed by atoms with Crippen LogP contribution in [0.5, 0.6) is 0 Å². The summed E-state index contributed by atoms with van der Waals surface area (Å²) in [5, 5.41) is 0.445. The van der Waals surface area contributed by atoms with Crippen LogP contribution in [-0.4, -0.2) is 31.7 Å². The van der Waals surface area contributed by atoms with Crippen molar-refractivity contribution >= 4 is 27.5 Å². The molecule has 1 saturated heterocycles. The molecule has 0 radical (unpaired) electrons. The monoisotopic (exact) mass is 398 g/mol. The summed E-state index contributed by atoms with van der Waals surface area (Å²) in [7, 11) is -3.64. The van der Waals surface area contributed by atoms with Crippen LogP contribution in [0.4, 0.5) is 0 Å². The molecule has 2 aliphatic rings. The molecule has 5 nitrogen and oxygen atoms in total. The molecule has 1 atom stereocenters. The Bertz CT molecular complexity index is 788. The highest BCUT2D eigenvalue weighted by Gasteiger charge is 2.47. The fraction of sp³-hybridized carbons (Fsp3) is 0.632. The van der Waals surface area contributed by atoms with Gasteiger partial charge in [-0.15, -0.1) is 0 Å². The number of amides is 1. The summed E-state index contributed by atoms with van der Waals surface area (Å²) >= 11 is 6.13. The molecule has 0 spiro atoms. The molecule has 1 aliphatic heterocycles. The van der Waals surface area contributed by atoms with E-state index >= 15 is 0 Å². The predicted molar refractivity (Wildman–Crippen MR) is 102 cm³/mol. The number of primary amides is 1. The average Bonchev–Trinajstić information content (AvgIpc) is 2.64. The van der Waals surface area contributed by atoms with Crippen LogP contribution < -0.4 is 5.73 Å². The Balaban J connectivity index is 1.90. The first-order valence-electron chi connectivity index (χ1n) is 9.34. The smallest absolute Gasteiger partial charge is 0.243 e. The van der Waals surface area contributed by atoms with E-state index in [9.17, 15) is 13.2 Å². The van der Waals surface area contributed by atoms with Crippen LogP contribution in [0.2, 0.25) is 5.02 Å². The van der Waals surface area contributed by atoms with Crippen LogP contribution in [0.25, 0.3) is 0 Å². The minimum atomic E-state index is -3.64. The maximum Gasteiger partial charge on any atom is 0.243 e. The van der Waals surface area contributed by atoms with Crippen LogP contribution in [0.15, 0.2) is 23.1 Å². The van der Waals surface area contributed by atoms with Crippen LogP contribution in [0.3, 0.4) is 0 Å². The van der Waals surface area contributed by atoms with E-state index < -0.39 is 15.4 Å². The number of piperidine rings is 1. The van der Waals surface area contributed by atoms with Crippen molar-refractivity contribution in [3.63, 3.8) is 0 Å². The van der Waals surface area contributed by atoms with Crippen molar-refractivity contribution in [1.82, 2.24) is 4.31 Å². The second-order valence-electron chi connectivity index (χ2n) is 7.65. The highest BCUT2D eigenvalue weighted by Crippen LogP contribution is 2.46. The fourth-order valence-corrected chi connectivity index (χ4v) is 6.66. The van der Waals surface area contributed by atoms with Crippen molar-refractivity contribution in [3.8, 4) is 0 Å². The van der Waals surface area contributed by atoms with E-state index in [1.165, 1.54) is 4.31 Å². The molecule has 1 heterocycles. The van der Waals surface area contributed by atoms with Crippen LogP contribution >= 0.6 is 11.6 Å². The third-order valence-corrected chi connectivity index (χ3v) is 8.66. The van der Waals surface area contributed by atoms with Crippen molar-refractivity contribution in [1.29, 1.82) is 0 Å². The number of carbonyl (C=O) groups is 1. The first kappa shape index (κ1) is 19.6. The minimum Gasteiger partial charge on any atom is -0.369 e. The normalized spacial score (nSPS) is 24.3. The van der Waals surface area contributed by atoms with Crippen molar-refractivity contribution in [2.24, 2.45) is 17.1 Å². The van der Waals surface area contributed by atoms with Gasteiger partial charge in [-0.1, -0.05) is 36.9 Å². The van der Waals surface area contributed by atoms with Gasteiger partial charge < -0.3 is 5.73 Å². The zero-order chi connectivity index (χ0) is 18.9. The molecule has 144 valence electrons. The molecule has 7 heteroatoms. The Morgan fingerprint density at radius 3 is 2.58 bits per heavy atom. The van der Waals surface area contributed by atoms with Gasteiger partial charge in [-0.05, 0) is 56.2 Å². The molecule has 0 unspecified atom stereocenters. The van der Waals surface area contributed by atoms with Gasteiger partial charge in [0, 0.05) is 18.1 Å². The van der Waals surface area contributed by atoms with Crippen molar-refractivity contribution < 1.29 is 13.2 Å². The molecular formula is C19H27ClN2O3S. The SMILES string of the molecule is Cc1c(Cl)cccc1S(=O)(=O)N1CCC[C@H](C2(C(N)=O)CCCCC2)C1. The summed E-state index contributed by atoms with van der Waals surface area (Å²) in [5.74, 6) is -0.274. The Morgan fingerprint density at radius 2 is 1.92 bits per heavy atom. The van der Waals surface area contributed by atoms with Crippen LogP contribution in [-0.2, 0) is 14.8 Å². The van der Waals surface area contributed by atoms with Crippen molar-refractivity contribution in [2.75, 3.05) is 13.1 Å². The number of sulfonamides is 1. The second-order valence-corrected chi connectivity index (χ2v) is 9.96. The lowest BCUT2D eigenvalue weighted by Crippen LogP contribution is -2.52. The molecule has 0 aromatic heterocycles. The van der Waals surface area contributed by atoms with E-state index in [1.807, 2.05) is 0 Å². The highest BCUT2D eigenvalue weighted by atomic mass is 35.5. The van der Waals surface area contributed by atoms with Crippen molar-refractivity contribution in [3.05, 3.63) is 28.8 Å². The van der Waals surface area contributed by atoms with E-state index in [-0.39, 0.29) is 16.7 Å². The van der Waals surface area contributed by atoms with Gasteiger partial charge in [0.15, 0.2) is 0 Å². The highest BCUT2D eigenvalue weighted by molar-refractivity contribution is 7.89. The van der Waals surface area contributed by atoms with E-state index in [4.69, 9.17) is 17.3 Å². The lowest BCUT2D eigenvalue weighted by Gasteiger charge is -2.45. The number of nitrogens with zero attached hydrogens (tertiary/aromatic N) is 1. The van der Waals surface area contributed by atoms with Gasteiger partial charge in [-0.25, -0.2) is 8.42 Å². The summed E-state index contributed by atoms with van der Waals surface area (Å²) in [6.45, 7) is 2.56. The Morgan fingerprint density at radius 1 is 1.23 bits per heavy atom. The number of rotatable bonds is 4. The zero-order valence-corrected chi connectivity index (χ0v) is 16.8. The summed E-state index contributed by atoms with van der Waals surface area (Å²) in [4.78, 5) is 12.6.